The van der Waals surface area contributed by atoms with Crippen LogP contribution in [0.25, 0.3) is 11.1 Å². The number of hydrogen-bond donors (Lipinski definition) is 0. The van der Waals surface area contributed by atoms with Crippen LogP contribution >= 0.6 is 0 Å². The van der Waals surface area contributed by atoms with E-state index in [2.05, 4.69) is 0 Å². The lowest BCUT2D eigenvalue weighted by Crippen LogP contribution is -1.96. The van der Waals surface area contributed by atoms with Gasteiger partial charge in [-0.2, -0.15) is 0 Å². The molecule has 0 aliphatic carbocycles. The summed E-state index contributed by atoms with van der Waals surface area (Å²) in [5.41, 5.74) is 5.94. The summed E-state index contributed by atoms with van der Waals surface area (Å²) in [6.45, 7) is 9.08. The number of ketones is 6. The molecule has 0 unspecified atom stereocenters. The highest BCUT2D eigenvalue weighted by molar-refractivity contribution is 6.00. The second-order valence-electron chi connectivity index (χ2n) is 9.65. The van der Waals surface area contributed by atoms with Gasteiger partial charge in [-0.15, -0.1) is 0 Å². The minimum Gasteiger partial charge on any atom is -0.295 e. The van der Waals surface area contributed by atoms with Crippen LogP contribution in [0, 0.1) is 0 Å². The Hall–Kier alpha value is -5.10. The lowest BCUT2D eigenvalue weighted by atomic mass is 10.0. The van der Waals surface area contributed by atoms with Crippen LogP contribution in [0.1, 0.15) is 104 Å². The van der Waals surface area contributed by atoms with E-state index in [9.17, 15) is 28.8 Å². The van der Waals surface area contributed by atoms with E-state index in [1.165, 1.54) is 27.7 Å². The number of carbonyl (C=O) groups excluding carboxylic acids is 6. The number of hydrogen-bond acceptors (Lipinski definition) is 6. The van der Waals surface area contributed by atoms with Crippen LogP contribution < -0.4 is 0 Å². The molecule has 6 nitrogen and oxygen atoms in total. The van der Waals surface area contributed by atoms with E-state index >= 15 is 0 Å². The average molecular weight is 563 g/mol. The van der Waals surface area contributed by atoms with Crippen LogP contribution in [-0.4, -0.2) is 34.7 Å². The molecule has 0 aliphatic rings. The van der Waals surface area contributed by atoms with Crippen molar-refractivity contribution in [1.82, 2.24) is 0 Å². The normalized spacial score (nSPS) is 9.76. The number of carbonyl (C=O) groups is 6. The van der Waals surface area contributed by atoms with Gasteiger partial charge in [-0.1, -0.05) is 91.0 Å². The monoisotopic (exact) mass is 562 g/mol. The van der Waals surface area contributed by atoms with Gasteiger partial charge >= 0.3 is 0 Å². The fourth-order valence-electron chi connectivity index (χ4n) is 3.69. The molecule has 0 heterocycles. The molecule has 0 spiro atoms. The van der Waals surface area contributed by atoms with Crippen molar-refractivity contribution in [2.24, 2.45) is 0 Å². The first-order valence-corrected chi connectivity index (χ1v) is 13.3. The minimum absolute atomic E-state index is 0.0156. The number of benzene rings is 4. The van der Waals surface area contributed by atoms with Crippen molar-refractivity contribution < 1.29 is 28.8 Å². The molecule has 0 aliphatic heterocycles. The second kappa shape index (κ2) is 15.6. The molecule has 0 N–H and O–H groups in total. The lowest BCUT2D eigenvalue weighted by molar-refractivity contribution is 0.100. The minimum atomic E-state index is -0.0156. The van der Waals surface area contributed by atoms with Crippen molar-refractivity contribution >= 4 is 34.7 Å². The van der Waals surface area contributed by atoms with Crippen molar-refractivity contribution in [1.29, 1.82) is 0 Å². The second-order valence-corrected chi connectivity index (χ2v) is 9.65. The SMILES string of the molecule is CC(=O)c1ccc(-c2ccc(C(C)=O)cc2)cc1.CC(=O)c1ccc(C(C)=O)cc1.CC(=O)c1cccc(C(C)=O)c1. The lowest BCUT2D eigenvalue weighted by Gasteiger charge is -2.03. The van der Waals surface area contributed by atoms with E-state index < -0.39 is 0 Å². The molecule has 214 valence electrons. The van der Waals surface area contributed by atoms with Crippen LogP contribution in [0.15, 0.2) is 97.1 Å². The van der Waals surface area contributed by atoms with E-state index in [0.717, 1.165) is 11.1 Å². The third kappa shape index (κ3) is 10.1. The molecule has 6 heteroatoms. The van der Waals surface area contributed by atoms with E-state index in [1.807, 2.05) is 48.5 Å². The standard InChI is InChI=1S/C16H14O2.2C10H10O2/c1-11(17)13-3-7-15(8-4-13)16-9-5-14(6-10-16)12(2)18;1-7(11)9-3-5-10(6-4-9)8(2)12;1-7(11)9-4-3-5-10(6-9)8(2)12/h3-10H,1-2H3;2*3-6H,1-2H3. The quantitative estimate of drug-likeness (QED) is 0.212. The van der Waals surface area contributed by atoms with Crippen LogP contribution in [0.2, 0.25) is 0 Å². The van der Waals surface area contributed by atoms with Gasteiger partial charge in [0.15, 0.2) is 34.7 Å². The molecule has 4 rings (SSSR count). The van der Waals surface area contributed by atoms with Crippen molar-refractivity contribution in [3.05, 3.63) is 130 Å². The molecule has 4 aromatic carbocycles. The van der Waals surface area contributed by atoms with Gasteiger partial charge in [0.2, 0.25) is 0 Å². The summed E-state index contributed by atoms with van der Waals surface area (Å²) < 4.78 is 0. The maximum atomic E-state index is 11.2. The van der Waals surface area contributed by atoms with Crippen LogP contribution in [-0.2, 0) is 0 Å². The largest absolute Gasteiger partial charge is 0.295 e. The molecule has 0 bridgehead atoms. The molecule has 4 aromatic rings. The van der Waals surface area contributed by atoms with Crippen molar-refractivity contribution in [2.45, 2.75) is 41.5 Å². The Morgan fingerprint density at radius 2 is 0.524 bits per heavy atom. The van der Waals surface area contributed by atoms with E-state index in [-0.39, 0.29) is 34.7 Å². The summed E-state index contributed by atoms with van der Waals surface area (Å²) in [4.78, 5) is 65.9. The van der Waals surface area contributed by atoms with Crippen molar-refractivity contribution in [3.63, 3.8) is 0 Å². The zero-order chi connectivity index (χ0) is 31.4. The molecule has 0 radical (unpaired) electrons. The van der Waals surface area contributed by atoms with Gasteiger partial charge in [0.1, 0.15) is 0 Å². The maximum Gasteiger partial charge on any atom is 0.159 e. The van der Waals surface area contributed by atoms with E-state index in [1.54, 1.807) is 62.4 Å². The predicted molar refractivity (Wildman–Crippen MR) is 165 cm³/mol. The van der Waals surface area contributed by atoms with E-state index in [0.29, 0.717) is 33.4 Å². The molecule has 0 atom stereocenters. The molecule has 42 heavy (non-hydrogen) atoms. The highest BCUT2D eigenvalue weighted by Crippen LogP contribution is 2.20. The Labute approximate surface area is 246 Å². The summed E-state index contributed by atoms with van der Waals surface area (Å²) in [7, 11) is 0. The summed E-state index contributed by atoms with van der Waals surface area (Å²) in [6, 6.07) is 28.3. The molecule has 0 aromatic heterocycles. The summed E-state index contributed by atoms with van der Waals surface area (Å²) in [5.74, 6) is 0.133. The maximum absolute atomic E-state index is 11.2. The molecular formula is C36H34O6. The fraction of sp³-hybridized carbons (Fsp3) is 0.167. The first-order chi connectivity index (χ1) is 19.8. The highest BCUT2D eigenvalue weighted by atomic mass is 16.1. The predicted octanol–water partition coefficient (Wildman–Crippen LogP) is 7.94. The molecule has 0 saturated carbocycles. The van der Waals surface area contributed by atoms with E-state index in [4.69, 9.17) is 0 Å². The van der Waals surface area contributed by atoms with Crippen LogP contribution in [0.5, 0.6) is 0 Å². The fourth-order valence-corrected chi connectivity index (χ4v) is 3.69. The Kier molecular flexibility index (Phi) is 12.3. The molecule has 0 saturated heterocycles. The van der Waals surface area contributed by atoms with Gasteiger partial charge in [0.25, 0.3) is 0 Å². The average Bonchev–Trinajstić information content (AvgIpc) is 2.98. The van der Waals surface area contributed by atoms with Crippen LogP contribution in [0.4, 0.5) is 0 Å². The molecule has 0 amide bonds. The number of rotatable bonds is 7. The zero-order valence-electron chi connectivity index (χ0n) is 24.7. The Morgan fingerprint density at radius 3 is 0.738 bits per heavy atom. The van der Waals surface area contributed by atoms with Gasteiger partial charge in [0.05, 0.1) is 0 Å². The Bertz CT molecular complexity index is 1470. The van der Waals surface area contributed by atoms with Gasteiger partial charge < -0.3 is 0 Å². The molecular weight excluding hydrogens is 528 g/mol. The van der Waals surface area contributed by atoms with Crippen molar-refractivity contribution in [3.8, 4) is 11.1 Å². The van der Waals surface area contributed by atoms with Gasteiger partial charge in [-0.3, -0.25) is 28.8 Å². The topological polar surface area (TPSA) is 102 Å². The summed E-state index contributed by atoms with van der Waals surface area (Å²) in [6.07, 6.45) is 0. The summed E-state index contributed by atoms with van der Waals surface area (Å²) >= 11 is 0. The number of Topliss-reactive ketones (excluding diaryl/α,β-unsaturated/α-hetero) is 6. The first kappa shape index (κ1) is 33.1. The van der Waals surface area contributed by atoms with Crippen LogP contribution in [0.3, 0.4) is 0 Å². The Morgan fingerprint density at radius 1 is 0.310 bits per heavy atom. The van der Waals surface area contributed by atoms with Crippen molar-refractivity contribution in [2.75, 3.05) is 0 Å². The smallest absolute Gasteiger partial charge is 0.159 e. The third-order valence-corrected chi connectivity index (χ3v) is 6.29. The third-order valence-electron chi connectivity index (χ3n) is 6.29. The molecule has 0 fully saturated rings. The highest BCUT2D eigenvalue weighted by Gasteiger charge is 2.04. The zero-order valence-corrected chi connectivity index (χ0v) is 24.7. The van der Waals surface area contributed by atoms with Gasteiger partial charge in [-0.25, -0.2) is 0 Å². The van der Waals surface area contributed by atoms with Gasteiger partial charge in [0, 0.05) is 33.4 Å². The summed E-state index contributed by atoms with van der Waals surface area (Å²) in [5, 5.41) is 0. The Balaban J connectivity index is 0.000000228. The first-order valence-electron chi connectivity index (χ1n) is 13.3. The van der Waals surface area contributed by atoms with Gasteiger partial charge in [-0.05, 0) is 58.7 Å².